The second-order valence-corrected chi connectivity index (χ2v) is 8.12. The Hall–Kier alpha value is -2.66. The smallest absolute Gasteiger partial charge is 0.315 e. The summed E-state index contributed by atoms with van der Waals surface area (Å²) in [4.78, 5) is 12.8. The number of hydrogen-bond donors (Lipinski definition) is 1. The highest BCUT2D eigenvalue weighted by Crippen LogP contribution is 2.38. The lowest BCUT2D eigenvalue weighted by atomic mass is 10.2. The van der Waals surface area contributed by atoms with Crippen LogP contribution in [0.15, 0.2) is 39.0 Å². The van der Waals surface area contributed by atoms with E-state index in [4.69, 9.17) is 9.47 Å². The molecule has 1 aromatic heterocycles. The molecule has 0 unspecified atom stereocenters. The van der Waals surface area contributed by atoms with Crippen LogP contribution < -0.4 is 14.3 Å². The fraction of sp³-hybridized carbons (Fsp3) is 0.267. The van der Waals surface area contributed by atoms with E-state index in [1.54, 1.807) is 25.3 Å². The Balaban J connectivity index is 2.32. The molecular weight excluding hydrogens is 382 g/mol. The highest BCUT2D eigenvalue weighted by Gasteiger charge is 2.23. The van der Waals surface area contributed by atoms with E-state index in [2.05, 4.69) is 9.93 Å². The van der Waals surface area contributed by atoms with Crippen molar-refractivity contribution in [2.24, 2.45) is 5.10 Å². The fourth-order valence-electron chi connectivity index (χ4n) is 1.96. The number of hydrazone groups is 1. The number of methoxy groups -OCH3 is 1. The normalized spacial score (nSPS) is 11.7. The van der Waals surface area contributed by atoms with Gasteiger partial charge in [0.25, 0.3) is 10.0 Å². The largest absolute Gasteiger partial charge is 0.493 e. The number of ether oxygens (including phenoxy) is 2. The van der Waals surface area contributed by atoms with Crippen LogP contribution in [0.4, 0.5) is 5.69 Å². The van der Waals surface area contributed by atoms with E-state index in [0.29, 0.717) is 0 Å². The zero-order valence-corrected chi connectivity index (χ0v) is 15.8. The van der Waals surface area contributed by atoms with Crippen LogP contribution >= 0.6 is 11.3 Å². The first-order chi connectivity index (χ1) is 12.2. The molecule has 0 atom stereocenters. The first-order valence-electron chi connectivity index (χ1n) is 7.36. The molecule has 9 nitrogen and oxygen atoms in total. The molecule has 0 aliphatic carbocycles. The predicted molar refractivity (Wildman–Crippen MR) is 97.6 cm³/mol. The zero-order valence-electron chi connectivity index (χ0n) is 14.2. The lowest BCUT2D eigenvalue weighted by Gasteiger charge is -2.14. The number of nitro benzene ring substituents is 1. The van der Waals surface area contributed by atoms with Gasteiger partial charge < -0.3 is 9.47 Å². The van der Waals surface area contributed by atoms with Gasteiger partial charge >= 0.3 is 5.69 Å². The first kappa shape index (κ1) is 19.7. The van der Waals surface area contributed by atoms with Gasteiger partial charge in [0.05, 0.1) is 24.4 Å². The maximum Gasteiger partial charge on any atom is 0.315 e. The third-order valence-electron chi connectivity index (χ3n) is 2.97. The Morgan fingerprint density at radius 3 is 2.65 bits per heavy atom. The molecule has 0 aliphatic heterocycles. The molecule has 0 bridgehead atoms. The maximum absolute atomic E-state index is 12.0. The minimum absolute atomic E-state index is 0.00353. The molecule has 26 heavy (non-hydrogen) atoms. The van der Waals surface area contributed by atoms with Gasteiger partial charge in [0, 0.05) is 11.6 Å². The topological polar surface area (TPSA) is 120 Å². The average molecular weight is 399 g/mol. The van der Waals surface area contributed by atoms with Crippen LogP contribution in [0.5, 0.6) is 11.5 Å². The number of hydrogen-bond acceptors (Lipinski definition) is 8. The van der Waals surface area contributed by atoms with Gasteiger partial charge in [-0.3, -0.25) is 10.1 Å². The molecule has 140 valence electrons. The molecule has 0 aliphatic rings. The first-order valence-corrected chi connectivity index (χ1v) is 9.72. The molecule has 1 heterocycles. The van der Waals surface area contributed by atoms with E-state index in [0.717, 1.165) is 17.6 Å². The van der Waals surface area contributed by atoms with Gasteiger partial charge in [-0.15, -0.1) is 11.3 Å². The second-order valence-electron chi connectivity index (χ2n) is 5.28. The molecule has 0 saturated carbocycles. The molecule has 11 heteroatoms. The highest BCUT2D eigenvalue weighted by atomic mass is 32.2. The van der Waals surface area contributed by atoms with Crippen molar-refractivity contribution in [3.63, 3.8) is 0 Å². The van der Waals surface area contributed by atoms with Crippen molar-refractivity contribution in [2.75, 3.05) is 7.11 Å². The molecule has 0 saturated heterocycles. The minimum Gasteiger partial charge on any atom is -0.493 e. The van der Waals surface area contributed by atoms with Crippen LogP contribution in [0, 0.1) is 10.1 Å². The van der Waals surface area contributed by atoms with Crippen LogP contribution in [-0.4, -0.2) is 32.8 Å². The highest BCUT2D eigenvalue weighted by molar-refractivity contribution is 7.91. The number of nitrogens with zero attached hydrogens (tertiary/aromatic N) is 2. The van der Waals surface area contributed by atoms with Crippen LogP contribution in [0.3, 0.4) is 0 Å². The Bertz CT molecular complexity index is 908. The molecule has 0 spiro atoms. The van der Waals surface area contributed by atoms with Crippen LogP contribution in [-0.2, 0) is 10.0 Å². The van der Waals surface area contributed by atoms with E-state index in [1.165, 1.54) is 25.3 Å². The van der Waals surface area contributed by atoms with E-state index in [9.17, 15) is 18.5 Å². The van der Waals surface area contributed by atoms with Gasteiger partial charge in [0.15, 0.2) is 5.75 Å². The monoisotopic (exact) mass is 399 g/mol. The van der Waals surface area contributed by atoms with Crippen molar-refractivity contribution in [1.29, 1.82) is 0 Å². The molecule has 1 aromatic carbocycles. The standard InChI is InChI=1S/C15H17N3O6S2/c1-10(2)24-15-12(18(19)20)7-11(8-13(15)23-3)9-16-17-26(21,22)14-5-4-6-25-14/h4-10,17H,1-3H3/b16-9+. The minimum atomic E-state index is -3.77. The van der Waals surface area contributed by atoms with Crippen molar-refractivity contribution >= 4 is 33.3 Å². The van der Waals surface area contributed by atoms with E-state index in [-0.39, 0.29) is 33.1 Å². The molecule has 0 radical (unpaired) electrons. The van der Waals surface area contributed by atoms with E-state index < -0.39 is 14.9 Å². The lowest BCUT2D eigenvalue weighted by molar-refractivity contribution is -0.386. The number of nitrogens with one attached hydrogen (secondary N) is 1. The van der Waals surface area contributed by atoms with Crippen molar-refractivity contribution < 1.29 is 22.8 Å². The average Bonchev–Trinajstić information content (AvgIpc) is 3.10. The third kappa shape index (κ3) is 4.70. The third-order valence-corrected chi connectivity index (χ3v) is 5.59. The molecule has 1 N–H and O–H groups in total. The molecule has 2 aromatic rings. The summed E-state index contributed by atoms with van der Waals surface area (Å²) in [6.07, 6.45) is 0.861. The van der Waals surface area contributed by atoms with Crippen molar-refractivity contribution in [3.8, 4) is 11.5 Å². The number of nitro groups is 1. The lowest BCUT2D eigenvalue weighted by Crippen LogP contribution is -2.17. The van der Waals surface area contributed by atoms with Crippen LogP contribution in [0.2, 0.25) is 0 Å². The summed E-state index contributed by atoms with van der Waals surface area (Å²) in [5, 5.41) is 16.6. The zero-order chi connectivity index (χ0) is 19.3. The van der Waals surface area contributed by atoms with Gasteiger partial charge in [-0.25, -0.2) is 0 Å². The molecule has 0 amide bonds. The summed E-state index contributed by atoms with van der Waals surface area (Å²) in [6, 6.07) is 5.73. The Kier molecular flexibility index (Phi) is 6.16. The summed E-state index contributed by atoms with van der Waals surface area (Å²) in [5.74, 6) is 0.152. The fourth-order valence-corrected chi connectivity index (χ4v) is 3.73. The maximum atomic E-state index is 12.0. The van der Waals surface area contributed by atoms with E-state index >= 15 is 0 Å². The Labute approximate surface area is 154 Å². The summed E-state index contributed by atoms with van der Waals surface area (Å²) in [7, 11) is -2.42. The van der Waals surface area contributed by atoms with Crippen molar-refractivity contribution in [1.82, 2.24) is 4.83 Å². The quantitative estimate of drug-likeness (QED) is 0.414. The second kappa shape index (κ2) is 8.15. The summed E-state index contributed by atoms with van der Waals surface area (Å²) in [6.45, 7) is 3.47. The summed E-state index contributed by atoms with van der Waals surface area (Å²) < 4.78 is 34.7. The van der Waals surface area contributed by atoms with Gasteiger partial charge in [0.1, 0.15) is 4.21 Å². The van der Waals surface area contributed by atoms with Gasteiger partial charge in [-0.05, 0) is 31.4 Å². The van der Waals surface area contributed by atoms with Crippen LogP contribution in [0.25, 0.3) is 0 Å². The Morgan fingerprint density at radius 1 is 1.38 bits per heavy atom. The van der Waals surface area contributed by atoms with E-state index in [1.807, 2.05) is 0 Å². The molecular formula is C15H17N3O6S2. The summed E-state index contributed by atoms with van der Waals surface area (Å²) in [5.41, 5.74) is -0.0286. The van der Waals surface area contributed by atoms with Crippen molar-refractivity contribution in [2.45, 2.75) is 24.2 Å². The summed E-state index contributed by atoms with van der Waals surface area (Å²) >= 11 is 1.05. The number of sulfonamides is 1. The van der Waals surface area contributed by atoms with Crippen molar-refractivity contribution in [3.05, 3.63) is 45.3 Å². The van der Waals surface area contributed by atoms with Crippen LogP contribution in [0.1, 0.15) is 19.4 Å². The Morgan fingerprint density at radius 2 is 2.12 bits per heavy atom. The predicted octanol–water partition coefficient (Wildman–Crippen LogP) is 2.76. The molecule has 0 fully saturated rings. The number of rotatable bonds is 8. The number of benzene rings is 1. The van der Waals surface area contributed by atoms with Gasteiger partial charge in [0.2, 0.25) is 5.75 Å². The van der Waals surface area contributed by atoms with Gasteiger partial charge in [-0.2, -0.15) is 18.4 Å². The number of thiophene rings is 1. The van der Waals surface area contributed by atoms with Gasteiger partial charge in [-0.1, -0.05) is 6.07 Å². The SMILES string of the molecule is COc1cc(/C=N/NS(=O)(=O)c2cccs2)cc([N+](=O)[O-])c1OC(C)C. The molecule has 2 rings (SSSR count).